The van der Waals surface area contributed by atoms with Crippen molar-refractivity contribution in [1.82, 2.24) is 5.01 Å². The van der Waals surface area contributed by atoms with Gasteiger partial charge in [0.25, 0.3) is 5.91 Å². The maximum absolute atomic E-state index is 11.3. The molecule has 0 atom stereocenters. The first kappa shape index (κ1) is 9.21. The minimum atomic E-state index is -0.978. The van der Waals surface area contributed by atoms with Crippen LogP contribution in [-0.4, -0.2) is 16.9 Å². The summed E-state index contributed by atoms with van der Waals surface area (Å²) in [6, 6.07) is 7.20. The van der Waals surface area contributed by atoms with Gasteiger partial charge in [0.15, 0.2) is 0 Å². The number of carbonyl (C=O) groups excluding carboxylic acids is 2. The lowest BCUT2D eigenvalue weighted by Crippen LogP contribution is -2.45. The third-order valence-electron chi connectivity index (χ3n) is 1.48. The first-order chi connectivity index (χ1) is 6.13. The van der Waals surface area contributed by atoms with Crippen molar-refractivity contribution in [3.63, 3.8) is 0 Å². The highest BCUT2D eigenvalue weighted by Crippen LogP contribution is 2.00. The molecule has 0 saturated heterocycles. The van der Waals surface area contributed by atoms with Crippen molar-refractivity contribution >= 4 is 11.9 Å². The maximum atomic E-state index is 11.3. The molecule has 0 saturated carbocycles. The molecule has 0 fully saturated rings. The minimum Gasteiger partial charge on any atom is -0.350 e. The Morgan fingerprint density at radius 2 is 1.69 bits per heavy atom. The molecule has 0 aliphatic rings. The van der Waals surface area contributed by atoms with Gasteiger partial charge in [0, 0.05) is 5.56 Å². The van der Waals surface area contributed by atoms with Gasteiger partial charge in [-0.15, -0.1) is 0 Å². The number of carbonyl (C=O) groups is 2. The Hall–Kier alpha value is -1.88. The van der Waals surface area contributed by atoms with E-state index in [0.29, 0.717) is 10.6 Å². The molecule has 13 heavy (non-hydrogen) atoms. The number of nitrogens with zero attached hydrogens (tertiary/aromatic N) is 1. The molecule has 1 rings (SSSR count). The van der Waals surface area contributed by atoms with Crippen molar-refractivity contribution in [1.29, 1.82) is 0 Å². The average molecular weight is 179 g/mol. The monoisotopic (exact) mass is 179 g/mol. The van der Waals surface area contributed by atoms with Crippen molar-refractivity contribution in [3.05, 3.63) is 35.9 Å². The van der Waals surface area contributed by atoms with Gasteiger partial charge in [-0.25, -0.2) is 10.6 Å². The Morgan fingerprint density at radius 1 is 1.15 bits per heavy atom. The van der Waals surface area contributed by atoms with Gasteiger partial charge in [-0.2, -0.15) is 5.01 Å². The van der Waals surface area contributed by atoms with E-state index >= 15 is 0 Å². The van der Waals surface area contributed by atoms with Gasteiger partial charge in [-0.1, -0.05) is 18.2 Å². The average Bonchev–Trinajstić information content (AvgIpc) is 2.17. The van der Waals surface area contributed by atoms with E-state index in [4.69, 9.17) is 11.6 Å². The molecule has 0 heterocycles. The van der Waals surface area contributed by atoms with Crippen LogP contribution in [0.4, 0.5) is 4.79 Å². The molecule has 0 aliphatic carbocycles. The number of benzene rings is 1. The van der Waals surface area contributed by atoms with Crippen LogP contribution in [0.5, 0.6) is 0 Å². The van der Waals surface area contributed by atoms with E-state index in [0.717, 1.165) is 0 Å². The van der Waals surface area contributed by atoms with Gasteiger partial charge in [0.05, 0.1) is 0 Å². The zero-order valence-corrected chi connectivity index (χ0v) is 6.81. The number of urea groups is 1. The Morgan fingerprint density at radius 3 is 2.15 bits per heavy atom. The molecule has 5 heteroatoms. The molecule has 68 valence electrons. The molecular weight excluding hydrogens is 170 g/mol. The van der Waals surface area contributed by atoms with Gasteiger partial charge in [0.2, 0.25) is 0 Å². The van der Waals surface area contributed by atoms with Crippen LogP contribution >= 0.6 is 0 Å². The number of rotatable bonds is 1. The van der Waals surface area contributed by atoms with Crippen LogP contribution in [0.15, 0.2) is 30.3 Å². The van der Waals surface area contributed by atoms with E-state index in [1.165, 1.54) is 0 Å². The number of amides is 3. The van der Waals surface area contributed by atoms with Gasteiger partial charge in [-0.3, -0.25) is 4.79 Å². The summed E-state index contributed by atoms with van der Waals surface area (Å²) in [6.45, 7) is 0. The normalized spacial score (nSPS) is 9.31. The summed E-state index contributed by atoms with van der Waals surface area (Å²) >= 11 is 0. The Balaban J connectivity index is 2.86. The van der Waals surface area contributed by atoms with Gasteiger partial charge >= 0.3 is 6.03 Å². The van der Waals surface area contributed by atoms with Crippen LogP contribution in [0.1, 0.15) is 10.4 Å². The van der Waals surface area contributed by atoms with E-state index in [-0.39, 0.29) is 0 Å². The molecular formula is C8H9N3O2. The Kier molecular flexibility index (Phi) is 2.61. The fourth-order valence-corrected chi connectivity index (χ4v) is 0.820. The Labute approximate surface area is 74.9 Å². The third-order valence-corrected chi connectivity index (χ3v) is 1.48. The number of hydrogen-bond acceptors (Lipinski definition) is 3. The van der Waals surface area contributed by atoms with Crippen LogP contribution in [0.3, 0.4) is 0 Å². The Bertz CT molecular complexity index is 323. The number of imide groups is 1. The minimum absolute atomic E-state index is 0.323. The second kappa shape index (κ2) is 3.68. The lowest BCUT2D eigenvalue weighted by molar-refractivity contribution is 0.0808. The number of nitrogens with two attached hydrogens (primary N) is 2. The van der Waals surface area contributed by atoms with E-state index in [2.05, 4.69) is 0 Å². The zero-order chi connectivity index (χ0) is 9.84. The molecule has 1 aromatic rings. The number of primary amides is 1. The molecule has 0 aliphatic heterocycles. The highest BCUT2D eigenvalue weighted by molar-refractivity contribution is 6.03. The fourth-order valence-electron chi connectivity index (χ4n) is 0.820. The van der Waals surface area contributed by atoms with Crippen molar-refractivity contribution < 1.29 is 9.59 Å². The summed E-state index contributed by atoms with van der Waals surface area (Å²) in [5.41, 5.74) is 5.14. The van der Waals surface area contributed by atoms with Crippen LogP contribution in [-0.2, 0) is 0 Å². The highest BCUT2D eigenvalue weighted by atomic mass is 16.2. The van der Waals surface area contributed by atoms with Crippen LogP contribution < -0.4 is 11.6 Å². The smallest absolute Gasteiger partial charge is 0.336 e. The van der Waals surface area contributed by atoms with Crippen molar-refractivity contribution in [2.75, 3.05) is 0 Å². The van der Waals surface area contributed by atoms with Crippen LogP contribution in [0.25, 0.3) is 0 Å². The summed E-state index contributed by atoms with van der Waals surface area (Å²) in [6.07, 6.45) is 0. The van der Waals surface area contributed by atoms with Crippen molar-refractivity contribution in [2.45, 2.75) is 0 Å². The lowest BCUT2D eigenvalue weighted by Gasteiger charge is -2.10. The zero-order valence-electron chi connectivity index (χ0n) is 6.81. The second-order valence-electron chi connectivity index (χ2n) is 2.38. The first-order valence-corrected chi connectivity index (χ1v) is 3.56. The van der Waals surface area contributed by atoms with E-state index in [1.807, 2.05) is 0 Å². The molecule has 5 nitrogen and oxygen atoms in total. The molecule has 0 bridgehead atoms. The molecule has 3 amide bonds. The van der Waals surface area contributed by atoms with Crippen molar-refractivity contribution in [3.8, 4) is 0 Å². The molecule has 0 radical (unpaired) electrons. The standard InChI is InChI=1S/C8H9N3O2/c9-8(13)11(10)7(12)6-4-2-1-3-5-6/h1-5H,10H2,(H2,9,13). The summed E-state index contributed by atoms with van der Waals surface area (Å²) in [5.74, 6) is 4.48. The molecule has 4 N–H and O–H groups in total. The SMILES string of the molecule is NC(=O)N(N)C(=O)c1ccccc1. The topological polar surface area (TPSA) is 89.4 Å². The summed E-state index contributed by atoms with van der Waals surface area (Å²) < 4.78 is 0. The first-order valence-electron chi connectivity index (χ1n) is 3.56. The van der Waals surface area contributed by atoms with Crippen molar-refractivity contribution in [2.24, 2.45) is 11.6 Å². The summed E-state index contributed by atoms with van der Waals surface area (Å²) in [4.78, 5) is 21.8. The molecule has 0 unspecified atom stereocenters. The van der Waals surface area contributed by atoms with Gasteiger partial charge in [-0.05, 0) is 12.1 Å². The highest BCUT2D eigenvalue weighted by Gasteiger charge is 2.15. The lowest BCUT2D eigenvalue weighted by atomic mass is 10.2. The second-order valence-corrected chi connectivity index (χ2v) is 2.38. The predicted molar refractivity (Wildman–Crippen MR) is 46.4 cm³/mol. The van der Waals surface area contributed by atoms with Crippen LogP contribution in [0.2, 0.25) is 0 Å². The van der Waals surface area contributed by atoms with E-state index < -0.39 is 11.9 Å². The maximum Gasteiger partial charge on any atom is 0.336 e. The number of hydrazine groups is 1. The predicted octanol–water partition coefficient (Wildman–Crippen LogP) is 0.0812. The summed E-state index contributed by atoms with van der Waals surface area (Å²) in [7, 11) is 0. The quantitative estimate of drug-likeness (QED) is 0.363. The number of hydrogen-bond donors (Lipinski definition) is 2. The molecule has 0 aromatic heterocycles. The molecule has 1 aromatic carbocycles. The largest absolute Gasteiger partial charge is 0.350 e. The third kappa shape index (κ3) is 2.03. The van der Waals surface area contributed by atoms with Gasteiger partial charge < -0.3 is 5.73 Å². The van der Waals surface area contributed by atoms with Crippen LogP contribution in [0, 0.1) is 0 Å². The van der Waals surface area contributed by atoms with Gasteiger partial charge in [0.1, 0.15) is 0 Å². The van der Waals surface area contributed by atoms with E-state index in [1.54, 1.807) is 30.3 Å². The fraction of sp³-hybridized carbons (Fsp3) is 0. The summed E-state index contributed by atoms with van der Waals surface area (Å²) in [5, 5.41) is 0.370. The molecule has 0 spiro atoms. The van der Waals surface area contributed by atoms with E-state index in [9.17, 15) is 9.59 Å².